The number of nitrogens with two attached hydrogens (primary N) is 1. The summed E-state index contributed by atoms with van der Waals surface area (Å²) in [4.78, 5) is 25.7. The molecule has 122 valence electrons. The second-order valence-corrected chi connectivity index (χ2v) is 7.42. The molecule has 1 aliphatic carbocycles. The maximum atomic E-state index is 11.5. The number of aromatic nitrogens is 2. The van der Waals surface area contributed by atoms with Gasteiger partial charge in [-0.2, -0.15) is 0 Å². The van der Waals surface area contributed by atoms with Gasteiger partial charge in [-0.05, 0) is 38.2 Å². The van der Waals surface area contributed by atoms with E-state index < -0.39 is 0 Å². The molecule has 0 bridgehead atoms. The van der Waals surface area contributed by atoms with Gasteiger partial charge in [-0.1, -0.05) is 0 Å². The predicted molar refractivity (Wildman–Crippen MR) is 92.0 cm³/mol. The molecule has 2 aliphatic rings. The fourth-order valence-electron chi connectivity index (χ4n) is 3.60. The Morgan fingerprint density at radius 2 is 2.17 bits per heavy atom. The monoisotopic (exact) mass is 331 g/mol. The first-order valence-electron chi connectivity index (χ1n) is 8.20. The van der Waals surface area contributed by atoms with E-state index in [1.165, 1.54) is 28.7 Å². The lowest BCUT2D eigenvalue weighted by atomic mass is 9.96. The summed E-state index contributed by atoms with van der Waals surface area (Å²) in [6, 6.07) is -0.316. The average Bonchev–Trinajstić information content (AvgIpc) is 2.92. The number of primary amides is 1. The number of piperazine rings is 1. The molecule has 0 unspecified atom stereocenters. The van der Waals surface area contributed by atoms with Crippen molar-refractivity contribution < 1.29 is 4.79 Å². The van der Waals surface area contributed by atoms with Crippen molar-refractivity contribution >= 4 is 33.3 Å². The number of amides is 1. The van der Waals surface area contributed by atoms with E-state index in [0.29, 0.717) is 6.54 Å². The number of carbonyl (C=O) groups excluding carboxylic acids is 1. The van der Waals surface area contributed by atoms with Crippen molar-refractivity contribution in [2.45, 2.75) is 38.6 Å². The second kappa shape index (κ2) is 5.72. The number of anilines is 1. The Labute approximate surface area is 139 Å². The van der Waals surface area contributed by atoms with Crippen molar-refractivity contribution in [1.82, 2.24) is 15.3 Å². The molecule has 1 atom stereocenters. The lowest BCUT2D eigenvalue weighted by molar-refractivity contribution is -0.120. The van der Waals surface area contributed by atoms with Gasteiger partial charge in [0.15, 0.2) is 0 Å². The van der Waals surface area contributed by atoms with E-state index in [-0.39, 0.29) is 11.9 Å². The zero-order valence-corrected chi connectivity index (χ0v) is 14.1. The van der Waals surface area contributed by atoms with Gasteiger partial charge in [0, 0.05) is 24.5 Å². The number of hydrogen-bond donors (Lipinski definition) is 2. The van der Waals surface area contributed by atoms with Crippen LogP contribution in [0.25, 0.3) is 10.2 Å². The molecule has 3 heterocycles. The number of nitrogens with one attached hydrogen (secondary N) is 1. The van der Waals surface area contributed by atoms with Gasteiger partial charge in [0.1, 0.15) is 22.5 Å². The Morgan fingerprint density at radius 3 is 3.00 bits per heavy atom. The van der Waals surface area contributed by atoms with E-state index in [9.17, 15) is 4.79 Å². The fourth-order valence-corrected chi connectivity index (χ4v) is 4.91. The summed E-state index contributed by atoms with van der Waals surface area (Å²) in [7, 11) is 0. The summed E-state index contributed by atoms with van der Waals surface area (Å²) >= 11 is 1.81. The average molecular weight is 331 g/mol. The first-order valence-corrected chi connectivity index (χ1v) is 9.01. The summed E-state index contributed by atoms with van der Waals surface area (Å²) in [5.74, 6) is 1.48. The van der Waals surface area contributed by atoms with Crippen LogP contribution in [0.1, 0.15) is 29.1 Å². The molecule has 2 aromatic rings. The molecule has 23 heavy (non-hydrogen) atoms. The van der Waals surface area contributed by atoms with Crippen molar-refractivity contribution in [3.05, 3.63) is 16.3 Å². The number of rotatable bonds is 2. The number of aryl methyl sites for hydroxylation is 3. The SMILES string of the molecule is Cc1nc(N2CCN[C@@H](C(N)=O)C2)c2c3c(sc2n1)CCCC3. The van der Waals surface area contributed by atoms with Crippen molar-refractivity contribution in [2.75, 3.05) is 24.5 Å². The van der Waals surface area contributed by atoms with Crippen molar-refractivity contribution in [1.29, 1.82) is 0 Å². The van der Waals surface area contributed by atoms with Gasteiger partial charge in [-0.15, -0.1) is 11.3 Å². The van der Waals surface area contributed by atoms with Crippen molar-refractivity contribution in [2.24, 2.45) is 5.73 Å². The minimum Gasteiger partial charge on any atom is -0.368 e. The highest BCUT2D eigenvalue weighted by atomic mass is 32.1. The predicted octanol–water partition coefficient (Wildman–Crippen LogP) is 1.14. The Hall–Kier alpha value is -1.73. The highest BCUT2D eigenvalue weighted by molar-refractivity contribution is 7.19. The lowest BCUT2D eigenvalue weighted by Crippen LogP contribution is -2.56. The van der Waals surface area contributed by atoms with E-state index in [0.717, 1.165) is 42.4 Å². The standard InChI is InChI=1S/C16H21N5OS/c1-9-19-15(21-7-6-18-11(8-21)14(17)22)13-10-4-2-3-5-12(10)23-16(13)20-9/h11,18H,2-8H2,1H3,(H2,17,22)/t11-/m1/s1. The van der Waals surface area contributed by atoms with Crippen LogP contribution < -0.4 is 16.0 Å². The van der Waals surface area contributed by atoms with E-state index in [2.05, 4.69) is 15.2 Å². The van der Waals surface area contributed by atoms with Gasteiger partial charge in [-0.3, -0.25) is 4.79 Å². The van der Waals surface area contributed by atoms with Gasteiger partial charge < -0.3 is 16.0 Å². The number of carbonyl (C=O) groups is 1. The van der Waals surface area contributed by atoms with E-state index in [1.807, 2.05) is 18.3 Å². The van der Waals surface area contributed by atoms with E-state index in [4.69, 9.17) is 10.7 Å². The molecule has 1 saturated heterocycles. The Bertz CT molecular complexity index is 771. The number of nitrogens with zero attached hydrogens (tertiary/aromatic N) is 3. The smallest absolute Gasteiger partial charge is 0.236 e. The molecule has 2 aromatic heterocycles. The molecular formula is C16H21N5OS. The maximum absolute atomic E-state index is 11.5. The highest BCUT2D eigenvalue weighted by Gasteiger charge is 2.28. The highest BCUT2D eigenvalue weighted by Crippen LogP contribution is 2.39. The topological polar surface area (TPSA) is 84.1 Å². The zero-order valence-electron chi connectivity index (χ0n) is 13.3. The summed E-state index contributed by atoms with van der Waals surface area (Å²) in [5.41, 5.74) is 6.91. The van der Waals surface area contributed by atoms with Gasteiger partial charge in [0.2, 0.25) is 5.91 Å². The maximum Gasteiger partial charge on any atom is 0.236 e. The molecule has 1 fully saturated rings. The van der Waals surface area contributed by atoms with Crippen LogP contribution in [0, 0.1) is 6.92 Å². The first kappa shape index (κ1) is 14.8. The molecule has 0 radical (unpaired) electrons. The van der Waals surface area contributed by atoms with Crippen LogP contribution in [0.15, 0.2) is 0 Å². The molecule has 0 aromatic carbocycles. The molecule has 0 saturated carbocycles. The molecular weight excluding hydrogens is 310 g/mol. The molecule has 7 heteroatoms. The first-order chi connectivity index (χ1) is 11.1. The quantitative estimate of drug-likeness (QED) is 0.862. The van der Waals surface area contributed by atoms with Crippen molar-refractivity contribution in [3.8, 4) is 0 Å². The van der Waals surface area contributed by atoms with Gasteiger partial charge in [0.25, 0.3) is 0 Å². The van der Waals surface area contributed by atoms with Crippen LogP contribution >= 0.6 is 11.3 Å². The molecule has 3 N–H and O–H groups in total. The normalized spacial score (nSPS) is 21.4. The van der Waals surface area contributed by atoms with Crippen LogP contribution in [0.4, 0.5) is 5.82 Å². The number of fused-ring (bicyclic) bond motifs is 3. The third kappa shape index (κ3) is 2.57. The largest absolute Gasteiger partial charge is 0.368 e. The van der Waals surface area contributed by atoms with Crippen LogP contribution in [-0.2, 0) is 17.6 Å². The van der Waals surface area contributed by atoms with Crippen LogP contribution in [0.2, 0.25) is 0 Å². The Kier molecular flexibility index (Phi) is 3.69. The zero-order chi connectivity index (χ0) is 16.0. The fraction of sp³-hybridized carbons (Fsp3) is 0.562. The number of hydrogen-bond acceptors (Lipinski definition) is 6. The molecule has 4 rings (SSSR count). The second-order valence-electron chi connectivity index (χ2n) is 6.34. The van der Waals surface area contributed by atoms with Crippen molar-refractivity contribution in [3.63, 3.8) is 0 Å². The third-order valence-corrected chi connectivity index (χ3v) is 5.91. The molecule has 1 amide bonds. The van der Waals surface area contributed by atoms with Crippen LogP contribution in [-0.4, -0.2) is 41.6 Å². The number of thiophene rings is 1. The van der Waals surface area contributed by atoms with Gasteiger partial charge >= 0.3 is 0 Å². The molecule has 6 nitrogen and oxygen atoms in total. The lowest BCUT2D eigenvalue weighted by Gasteiger charge is -2.33. The van der Waals surface area contributed by atoms with Crippen LogP contribution in [0.5, 0.6) is 0 Å². The minimum absolute atomic E-state index is 0.302. The summed E-state index contributed by atoms with van der Waals surface area (Å²) in [5, 5.41) is 4.39. The summed E-state index contributed by atoms with van der Waals surface area (Å²) < 4.78 is 0. The molecule has 0 spiro atoms. The third-order valence-electron chi connectivity index (χ3n) is 4.73. The van der Waals surface area contributed by atoms with Gasteiger partial charge in [-0.25, -0.2) is 9.97 Å². The Balaban J connectivity index is 1.82. The van der Waals surface area contributed by atoms with E-state index in [1.54, 1.807) is 0 Å². The Morgan fingerprint density at radius 1 is 1.35 bits per heavy atom. The van der Waals surface area contributed by atoms with Crippen LogP contribution in [0.3, 0.4) is 0 Å². The van der Waals surface area contributed by atoms with Gasteiger partial charge in [0.05, 0.1) is 5.39 Å². The summed E-state index contributed by atoms with van der Waals surface area (Å²) in [6.07, 6.45) is 4.76. The van der Waals surface area contributed by atoms with E-state index >= 15 is 0 Å². The minimum atomic E-state index is -0.316. The molecule has 1 aliphatic heterocycles. The summed E-state index contributed by atoms with van der Waals surface area (Å²) in [6.45, 7) is 4.09.